The number of rotatable bonds is 4. The summed E-state index contributed by atoms with van der Waals surface area (Å²) in [4.78, 5) is 11.9. The van der Waals surface area contributed by atoms with Crippen molar-refractivity contribution in [2.75, 3.05) is 13.1 Å². The Morgan fingerprint density at radius 2 is 1.69 bits per heavy atom. The van der Waals surface area contributed by atoms with Crippen molar-refractivity contribution in [1.29, 1.82) is 0 Å². The minimum absolute atomic E-state index is 0.157. The zero-order chi connectivity index (χ0) is 18.7. The van der Waals surface area contributed by atoms with Gasteiger partial charge in [0.1, 0.15) is 16.5 Å². The summed E-state index contributed by atoms with van der Waals surface area (Å²) in [5.41, 5.74) is 1.07. The molecule has 26 heavy (non-hydrogen) atoms. The molecule has 7 heteroatoms. The molecule has 0 saturated carbocycles. The summed E-state index contributed by atoms with van der Waals surface area (Å²) in [7, 11) is -3.90. The van der Waals surface area contributed by atoms with Gasteiger partial charge in [0.15, 0.2) is 0 Å². The van der Waals surface area contributed by atoms with Crippen molar-refractivity contribution >= 4 is 16.0 Å². The van der Waals surface area contributed by atoms with Gasteiger partial charge in [0.2, 0.25) is 10.0 Å². The average Bonchev–Trinajstić information content (AvgIpc) is 2.64. The van der Waals surface area contributed by atoms with Crippen LogP contribution in [0.1, 0.15) is 18.4 Å². The van der Waals surface area contributed by atoms with E-state index in [1.54, 1.807) is 12.1 Å². The maximum atomic E-state index is 13.8. The quantitative estimate of drug-likeness (QED) is 0.607. The second kappa shape index (κ2) is 7.55. The smallest absolute Gasteiger partial charge is 0.314 e. The van der Waals surface area contributed by atoms with Crippen molar-refractivity contribution in [2.24, 2.45) is 5.92 Å². The molecule has 0 radical (unpaired) electrons. The Morgan fingerprint density at radius 1 is 1.08 bits per heavy atom. The van der Waals surface area contributed by atoms with Crippen molar-refractivity contribution in [2.45, 2.75) is 24.7 Å². The molecular formula is C19H20FNO4S. The van der Waals surface area contributed by atoms with Gasteiger partial charge in [0.25, 0.3) is 0 Å². The van der Waals surface area contributed by atoms with Gasteiger partial charge < -0.3 is 4.74 Å². The van der Waals surface area contributed by atoms with E-state index in [1.807, 2.05) is 19.1 Å². The largest absolute Gasteiger partial charge is 0.426 e. The molecule has 1 fully saturated rings. The lowest BCUT2D eigenvalue weighted by Crippen LogP contribution is -2.41. The Kier molecular flexibility index (Phi) is 5.38. The van der Waals surface area contributed by atoms with E-state index in [0.717, 1.165) is 11.6 Å². The van der Waals surface area contributed by atoms with Gasteiger partial charge in [0, 0.05) is 13.1 Å². The Morgan fingerprint density at radius 3 is 2.31 bits per heavy atom. The number of esters is 1. The number of carbonyl (C=O) groups is 1. The molecule has 0 unspecified atom stereocenters. The minimum Gasteiger partial charge on any atom is -0.426 e. The highest BCUT2D eigenvalue weighted by Crippen LogP contribution is 2.26. The van der Waals surface area contributed by atoms with Crippen LogP contribution < -0.4 is 4.74 Å². The fourth-order valence-electron chi connectivity index (χ4n) is 2.93. The van der Waals surface area contributed by atoms with Crippen molar-refractivity contribution < 1.29 is 22.3 Å². The normalized spacial score (nSPS) is 16.4. The molecule has 0 N–H and O–H groups in total. The Balaban J connectivity index is 1.62. The van der Waals surface area contributed by atoms with Crippen molar-refractivity contribution in [3.63, 3.8) is 0 Å². The maximum absolute atomic E-state index is 13.8. The molecule has 0 bridgehead atoms. The summed E-state index contributed by atoms with van der Waals surface area (Å²) in [6.07, 6.45) is 0.691. The summed E-state index contributed by atoms with van der Waals surface area (Å²) in [5.74, 6) is -1.03. The molecule has 3 rings (SSSR count). The van der Waals surface area contributed by atoms with Gasteiger partial charge in [-0.1, -0.05) is 29.8 Å². The first-order valence-corrected chi connectivity index (χ1v) is 9.85. The van der Waals surface area contributed by atoms with Crippen molar-refractivity contribution in [1.82, 2.24) is 4.31 Å². The van der Waals surface area contributed by atoms with Crippen LogP contribution in [0.5, 0.6) is 5.75 Å². The number of carbonyl (C=O) groups excluding carboxylic acids is 1. The molecule has 2 aromatic rings. The zero-order valence-electron chi connectivity index (χ0n) is 14.4. The van der Waals surface area contributed by atoms with E-state index in [2.05, 4.69) is 0 Å². The molecule has 1 aliphatic heterocycles. The number of hydrogen-bond acceptors (Lipinski definition) is 4. The van der Waals surface area contributed by atoms with Gasteiger partial charge in [-0.3, -0.25) is 4.79 Å². The number of nitrogens with zero attached hydrogens (tertiary/aromatic N) is 1. The first-order chi connectivity index (χ1) is 12.4. The van der Waals surface area contributed by atoms with Crippen LogP contribution in [0.25, 0.3) is 0 Å². The standard InChI is InChI=1S/C19H20FNO4S/c1-14-6-8-16(9-7-14)25-19(22)15-10-12-21(13-11-15)26(23,24)18-5-3-2-4-17(18)20/h2-9,15H,10-13H2,1H3. The van der Waals surface area contributed by atoms with Crippen LogP contribution >= 0.6 is 0 Å². The monoisotopic (exact) mass is 377 g/mol. The number of halogens is 1. The topological polar surface area (TPSA) is 63.7 Å². The molecule has 0 atom stereocenters. The first kappa shape index (κ1) is 18.5. The number of aryl methyl sites for hydroxylation is 1. The number of hydrogen-bond donors (Lipinski definition) is 0. The molecule has 2 aromatic carbocycles. The molecule has 0 aromatic heterocycles. The highest BCUT2D eigenvalue weighted by atomic mass is 32.2. The van der Waals surface area contributed by atoms with E-state index in [1.165, 1.54) is 22.5 Å². The second-order valence-electron chi connectivity index (χ2n) is 6.34. The van der Waals surface area contributed by atoms with E-state index >= 15 is 0 Å². The van der Waals surface area contributed by atoms with E-state index < -0.39 is 15.8 Å². The van der Waals surface area contributed by atoms with Crippen LogP contribution in [0.2, 0.25) is 0 Å². The maximum Gasteiger partial charge on any atom is 0.314 e. The second-order valence-corrected chi connectivity index (χ2v) is 8.25. The predicted octanol–water partition coefficient (Wildman–Crippen LogP) is 3.14. The van der Waals surface area contributed by atoms with Gasteiger partial charge in [-0.25, -0.2) is 12.8 Å². The van der Waals surface area contributed by atoms with Gasteiger partial charge in [-0.05, 0) is 44.0 Å². The zero-order valence-corrected chi connectivity index (χ0v) is 15.2. The summed E-state index contributed by atoms with van der Waals surface area (Å²) >= 11 is 0. The third-order valence-corrected chi connectivity index (χ3v) is 6.41. The lowest BCUT2D eigenvalue weighted by atomic mass is 9.98. The molecule has 1 saturated heterocycles. The number of piperidine rings is 1. The van der Waals surface area contributed by atoms with E-state index in [-0.39, 0.29) is 29.9 Å². The van der Waals surface area contributed by atoms with Gasteiger partial charge >= 0.3 is 5.97 Å². The highest BCUT2D eigenvalue weighted by Gasteiger charge is 2.34. The Hall–Kier alpha value is -2.25. The Labute approximate surface area is 152 Å². The van der Waals surface area contributed by atoms with Crippen LogP contribution in [0.15, 0.2) is 53.4 Å². The molecular weight excluding hydrogens is 357 g/mol. The highest BCUT2D eigenvalue weighted by molar-refractivity contribution is 7.89. The van der Waals surface area contributed by atoms with E-state index in [9.17, 15) is 17.6 Å². The van der Waals surface area contributed by atoms with Crippen LogP contribution in [0.3, 0.4) is 0 Å². The van der Waals surface area contributed by atoms with E-state index in [0.29, 0.717) is 18.6 Å². The molecule has 0 amide bonds. The predicted molar refractivity (Wildman–Crippen MR) is 94.7 cm³/mol. The average molecular weight is 377 g/mol. The number of ether oxygens (including phenoxy) is 1. The fourth-order valence-corrected chi connectivity index (χ4v) is 4.47. The SMILES string of the molecule is Cc1ccc(OC(=O)C2CCN(S(=O)(=O)c3ccccc3F)CC2)cc1. The Bertz CT molecular complexity index is 888. The van der Waals surface area contributed by atoms with Gasteiger partial charge in [-0.15, -0.1) is 0 Å². The molecule has 5 nitrogen and oxygen atoms in total. The molecule has 1 aliphatic rings. The van der Waals surface area contributed by atoms with Crippen LogP contribution in [-0.2, 0) is 14.8 Å². The van der Waals surface area contributed by atoms with Crippen molar-refractivity contribution in [3.8, 4) is 5.75 Å². The van der Waals surface area contributed by atoms with Crippen molar-refractivity contribution in [3.05, 3.63) is 59.9 Å². The van der Waals surface area contributed by atoms with Crippen LogP contribution in [0.4, 0.5) is 4.39 Å². The third kappa shape index (κ3) is 3.94. The molecule has 138 valence electrons. The van der Waals surface area contributed by atoms with Gasteiger partial charge in [-0.2, -0.15) is 4.31 Å². The molecule has 0 aliphatic carbocycles. The summed E-state index contributed by atoms with van der Waals surface area (Å²) in [6, 6.07) is 12.5. The third-order valence-electron chi connectivity index (χ3n) is 4.48. The first-order valence-electron chi connectivity index (χ1n) is 8.41. The van der Waals surface area contributed by atoms with Crippen LogP contribution in [0, 0.1) is 18.7 Å². The summed E-state index contributed by atoms with van der Waals surface area (Å²) in [5, 5.41) is 0. The lowest BCUT2D eigenvalue weighted by molar-refractivity contribution is -0.140. The summed E-state index contributed by atoms with van der Waals surface area (Å²) < 4.78 is 45.6. The lowest BCUT2D eigenvalue weighted by Gasteiger charge is -2.30. The molecule has 1 heterocycles. The van der Waals surface area contributed by atoms with Gasteiger partial charge in [0.05, 0.1) is 5.92 Å². The molecule has 0 spiro atoms. The summed E-state index contributed by atoms with van der Waals surface area (Å²) in [6.45, 7) is 2.26. The number of sulfonamides is 1. The number of benzene rings is 2. The fraction of sp³-hybridized carbons (Fsp3) is 0.316. The minimum atomic E-state index is -3.90. The van der Waals surface area contributed by atoms with Crippen LogP contribution in [-0.4, -0.2) is 31.8 Å². The van der Waals surface area contributed by atoms with E-state index in [4.69, 9.17) is 4.74 Å².